The van der Waals surface area contributed by atoms with Gasteiger partial charge in [-0.1, -0.05) is 30.4 Å². The van der Waals surface area contributed by atoms with Crippen molar-refractivity contribution in [2.45, 2.75) is 32.2 Å². The third-order valence-corrected chi connectivity index (χ3v) is 6.08. The van der Waals surface area contributed by atoms with Gasteiger partial charge in [0.25, 0.3) is 11.8 Å². The van der Waals surface area contributed by atoms with Crippen LogP contribution in [-0.2, 0) is 16.1 Å². The van der Waals surface area contributed by atoms with Crippen LogP contribution in [0.25, 0.3) is 16.6 Å². The number of amides is 3. The SMILES string of the molecule is O=C(Cn1cc2cc(NC(=O)c3cnn(C4=CC=CCC4)n3)ccc2n1)NCCNC(=O)C1=CCCC=C1. The first-order chi connectivity index (χ1) is 18.5. The molecule has 2 aromatic heterocycles. The quantitative estimate of drug-likeness (QED) is 0.377. The Balaban J connectivity index is 1.12. The Morgan fingerprint density at radius 2 is 1.87 bits per heavy atom. The molecule has 1 aromatic carbocycles. The van der Waals surface area contributed by atoms with Crippen LogP contribution in [0.3, 0.4) is 0 Å². The minimum Gasteiger partial charge on any atom is -0.353 e. The zero-order valence-corrected chi connectivity index (χ0v) is 20.8. The fourth-order valence-electron chi connectivity index (χ4n) is 4.16. The summed E-state index contributed by atoms with van der Waals surface area (Å²) in [5.41, 5.74) is 3.09. The Bertz CT molecular complexity index is 1490. The van der Waals surface area contributed by atoms with Crippen molar-refractivity contribution >= 4 is 40.0 Å². The van der Waals surface area contributed by atoms with E-state index in [1.54, 1.807) is 29.1 Å². The van der Waals surface area contributed by atoms with E-state index in [2.05, 4.69) is 37.3 Å². The van der Waals surface area contributed by atoms with E-state index in [1.807, 2.05) is 30.4 Å². The second-order valence-corrected chi connectivity index (χ2v) is 8.94. The molecule has 0 bridgehead atoms. The number of fused-ring (bicyclic) bond motifs is 1. The summed E-state index contributed by atoms with van der Waals surface area (Å²) in [6.45, 7) is 0.686. The molecular formula is C27H28N8O3. The second-order valence-electron chi connectivity index (χ2n) is 8.94. The zero-order chi connectivity index (χ0) is 26.3. The topological polar surface area (TPSA) is 136 Å². The van der Waals surface area contributed by atoms with Crippen molar-refractivity contribution in [2.24, 2.45) is 0 Å². The molecule has 11 nitrogen and oxygen atoms in total. The van der Waals surface area contributed by atoms with Crippen LogP contribution in [0.5, 0.6) is 0 Å². The maximum absolute atomic E-state index is 12.7. The molecule has 0 unspecified atom stereocenters. The first-order valence-corrected chi connectivity index (χ1v) is 12.5. The summed E-state index contributed by atoms with van der Waals surface area (Å²) in [6.07, 6.45) is 18.4. The fourth-order valence-corrected chi connectivity index (χ4v) is 4.16. The van der Waals surface area contributed by atoms with Gasteiger partial charge in [0.05, 0.1) is 17.4 Å². The van der Waals surface area contributed by atoms with Gasteiger partial charge in [0.15, 0.2) is 5.69 Å². The van der Waals surface area contributed by atoms with Crippen LogP contribution >= 0.6 is 0 Å². The van der Waals surface area contributed by atoms with Gasteiger partial charge >= 0.3 is 0 Å². The maximum Gasteiger partial charge on any atom is 0.277 e. The number of allylic oxidation sites excluding steroid dienone is 6. The predicted molar refractivity (Wildman–Crippen MR) is 143 cm³/mol. The van der Waals surface area contributed by atoms with Crippen LogP contribution in [0.2, 0.25) is 0 Å². The van der Waals surface area contributed by atoms with Gasteiger partial charge in [0.1, 0.15) is 6.54 Å². The van der Waals surface area contributed by atoms with Crippen molar-refractivity contribution < 1.29 is 14.4 Å². The average Bonchev–Trinajstić information content (AvgIpc) is 3.59. The van der Waals surface area contributed by atoms with E-state index in [9.17, 15) is 14.4 Å². The molecule has 2 aliphatic carbocycles. The van der Waals surface area contributed by atoms with Crippen molar-refractivity contribution in [3.8, 4) is 0 Å². The van der Waals surface area contributed by atoms with E-state index < -0.39 is 0 Å². The van der Waals surface area contributed by atoms with Gasteiger partial charge < -0.3 is 16.0 Å². The smallest absolute Gasteiger partial charge is 0.277 e. The summed E-state index contributed by atoms with van der Waals surface area (Å²) in [6, 6.07) is 5.31. The van der Waals surface area contributed by atoms with Crippen LogP contribution in [0.1, 0.15) is 36.2 Å². The van der Waals surface area contributed by atoms with Crippen molar-refractivity contribution in [2.75, 3.05) is 18.4 Å². The molecule has 2 heterocycles. The summed E-state index contributed by atoms with van der Waals surface area (Å²) in [5, 5.41) is 22.1. The minimum absolute atomic E-state index is 0.0341. The molecule has 38 heavy (non-hydrogen) atoms. The van der Waals surface area contributed by atoms with Crippen LogP contribution in [0, 0.1) is 0 Å². The van der Waals surface area contributed by atoms with Gasteiger partial charge in [-0.15, -0.1) is 5.10 Å². The lowest BCUT2D eigenvalue weighted by molar-refractivity contribution is -0.122. The summed E-state index contributed by atoms with van der Waals surface area (Å²) in [4.78, 5) is 38.6. The second kappa shape index (κ2) is 11.5. The summed E-state index contributed by atoms with van der Waals surface area (Å²) < 4.78 is 1.54. The zero-order valence-electron chi connectivity index (χ0n) is 20.8. The number of carbonyl (C=O) groups is 3. The molecule has 3 amide bonds. The molecule has 194 valence electrons. The number of rotatable bonds is 9. The van der Waals surface area contributed by atoms with E-state index in [4.69, 9.17) is 0 Å². The van der Waals surface area contributed by atoms with Crippen molar-refractivity contribution in [1.29, 1.82) is 0 Å². The number of anilines is 1. The third-order valence-electron chi connectivity index (χ3n) is 6.08. The fraction of sp³-hybridized carbons (Fsp3) is 0.259. The Hall–Kier alpha value is -4.80. The monoisotopic (exact) mass is 512 g/mol. The van der Waals surface area contributed by atoms with Gasteiger partial charge in [-0.25, -0.2) is 0 Å². The predicted octanol–water partition coefficient (Wildman–Crippen LogP) is 2.58. The first kappa shape index (κ1) is 24.9. The van der Waals surface area contributed by atoms with E-state index in [0.717, 1.165) is 36.8 Å². The number of aromatic nitrogens is 5. The molecule has 0 spiro atoms. The molecule has 0 saturated heterocycles. The molecule has 0 atom stereocenters. The van der Waals surface area contributed by atoms with Gasteiger partial charge in [0.2, 0.25) is 5.91 Å². The largest absolute Gasteiger partial charge is 0.353 e. The van der Waals surface area contributed by atoms with Gasteiger partial charge in [-0.3, -0.25) is 19.1 Å². The highest BCUT2D eigenvalue weighted by atomic mass is 16.2. The van der Waals surface area contributed by atoms with Crippen molar-refractivity contribution in [3.05, 3.63) is 78.3 Å². The lowest BCUT2D eigenvalue weighted by Crippen LogP contribution is -2.36. The molecular weight excluding hydrogens is 484 g/mol. The molecule has 5 rings (SSSR count). The van der Waals surface area contributed by atoms with Crippen LogP contribution in [0.15, 0.2) is 72.6 Å². The number of hydrogen-bond donors (Lipinski definition) is 3. The molecule has 0 radical (unpaired) electrons. The molecule has 0 aliphatic heterocycles. The van der Waals surface area contributed by atoms with Crippen LogP contribution in [0.4, 0.5) is 5.69 Å². The number of hydrogen-bond acceptors (Lipinski definition) is 6. The van der Waals surface area contributed by atoms with Gasteiger partial charge in [-0.2, -0.15) is 15.0 Å². The highest BCUT2D eigenvalue weighted by Gasteiger charge is 2.14. The number of carbonyl (C=O) groups excluding carboxylic acids is 3. The molecule has 2 aliphatic rings. The van der Waals surface area contributed by atoms with E-state index >= 15 is 0 Å². The Morgan fingerprint density at radius 1 is 0.974 bits per heavy atom. The van der Waals surface area contributed by atoms with Gasteiger partial charge in [0, 0.05) is 35.9 Å². The summed E-state index contributed by atoms with van der Waals surface area (Å²) >= 11 is 0. The minimum atomic E-state index is -0.364. The average molecular weight is 513 g/mol. The van der Waals surface area contributed by atoms with Gasteiger partial charge in [-0.05, 0) is 50.0 Å². The Kier molecular flexibility index (Phi) is 7.53. The van der Waals surface area contributed by atoms with E-state index in [0.29, 0.717) is 29.9 Å². The van der Waals surface area contributed by atoms with E-state index in [-0.39, 0.29) is 30.0 Å². The number of nitrogens with zero attached hydrogens (tertiary/aromatic N) is 5. The first-order valence-electron chi connectivity index (χ1n) is 12.5. The summed E-state index contributed by atoms with van der Waals surface area (Å²) in [5.74, 6) is -0.721. The van der Waals surface area contributed by atoms with E-state index in [1.165, 1.54) is 11.0 Å². The number of nitrogens with one attached hydrogen (secondary N) is 3. The molecule has 3 aromatic rings. The normalized spacial score (nSPS) is 14.6. The maximum atomic E-state index is 12.7. The lowest BCUT2D eigenvalue weighted by atomic mass is 10.1. The van der Waals surface area contributed by atoms with Crippen LogP contribution < -0.4 is 16.0 Å². The molecule has 3 N–H and O–H groups in total. The van der Waals surface area contributed by atoms with Crippen LogP contribution in [-0.4, -0.2) is 55.6 Å². The third kappa shape index (κ3) is 6.12. The van der Waals surface area contributed by atoms with Crippen molar-refractivity contribution in [3.63, 3.8) is 0 Å². The number of benzene rings is 1. The molecule has 0 saturated carbocycles. The summed E-state index contributed by atoms with van der Waals surface area (Å²) in [7, 11) is 0. The standard InChI is InChI=1S/C27H28N8O3/c36-25(28-13-14-29-26(37)19-7-3-1-4-8-19)18-34-17-20-15-21(11-12-23(20)32-34)31-27(38)24-16-30-35(33-24)22-9-5-2-6-10-22/h2-3,5,7-9,11-12,15-17H,1,4,6,10,13-14,18H2,(H,28,36)(H,29,37)(H,31,38). The lowest BCUT2D eigenvalue weighted by Gasteiger charge is -2.09. The molecule has 11 heteroatoms. The Labute approximate surface area is 219 Å². The van der Waals surface area contributed by atoms with Crippen molar-refractivity contribution in [1.82, 2.24) is 35.4 Å². The Morgan fingerprint density at radius 3 is 2.68 bits per heavy atom. The highest BCUT2D eigenvalue weighted by molar-refractivity contribution is 6.03. The molecule has 0 fully saturated rings. The highest BCUT2D eigenvalue weighted by Crippen LogP contribution is 2.19.